The predicted molar refractivity (Wildman–Crippen MR) is 72.3 cm³/mol. The van der Waals surface area contributed by atoms with Crippen molar-refractivity contribution in [2.24, 2.45) is 5.92 Å². The molecule has 0 amide bonds. The number of anilines is 2. The third kappa shape index (κ3) is 3.32. The van der Waals surface area contributed by atoms with Crippen LogP contribution in [0.2, 0.25) is 0 Å². The highest BCUT2D eigenvalue weighted by atomic mass is 16.3. The minimum absolute atomic E-state index is 0.453. The monoisotopic (exact) mass is 250 g/mol. The van der Waals surface area contributed by atoms with Gasteiger partial charge >= 0.3 is 0 Å². The molecule has 5 nitrogen and oxygen atoms in total. The van der Waals surface area contributed by atoms with Crippen LogP contribution in [-0.4, -0.2) is 27.2 Å². The molecule has 0 radical (unpaired) electrons. The fourth-order valence-electron chi connectivity index (χ4n) is 2.73. The number of nitrogens with zero attached hydrogens (tertiary/aromatic N) is 2. The lowest BCUT2D eigenvalue weighted by molar-refractivity contribution is -0.000831. The molecule has 1 aliphatic rings. The lowest BCUT2D eigenvalue weighted by Crippen LogP contribution is -2.41. The van der Waals surface area contributed by atoms with Crippen LogP contribution in [0.4, 0.5) is 11.6 Å². The Balaban J connectivity index is 1.98. The van der Waals surface area contributed by atoms with E-state index in [1.54, 1.807) is 13.0 Å². The number of nitrogens with one attached hydrogen (secondary N) is 1. The van der Waals surface area contributed by atoms with Crippen molar-refractivity contribution >= 4 is 11.6 Å². The molecule has 2 unspecified atom stereocenters. The van der Waals surface area contributed by atoms with Crippen molar-refractivity contribution in [1.82, 2.24) is 9.97 Å². The predicted octanol–water partition coefficient (Wildman–Crippen LogP) is 1.72. The van der Waals surface area contributed by atoms with Crippen LogP contribution in [0, 0.1) is 12.8 Å². The summed E-state index contributed by atoms with van der Waals surface area (Å²) in [4.78, 5) is 8.28. The van der Waals surface area contributed by atoms with Gasteiger partial charge in [0.05, 0.1) is 5.60 Å². The summed E-state index contributed by atoms with van der Waals surface area (Å²) in [6, 6.07) is 1.70. The first kappa shape index (κ1) is 13.1. The second-order valence-corrected chi connectivity index (χ2v) is 5.50. The molecule has 0 saturated heterocycles. The molecule has 1 aromatic rings. The number of nitrogen functional groups attached to an aromatic ring is 1. The molecule has 1 aromatic heterocycles. The Labute approximate surface area is 108 Å². The molecule has 1 aliphatic carbocycles. The summed E-state index contributed by atoms with van der Waals surface area (Å²) in [5.74, 6) is 2.37. The lowest BCUT2D eigenvalue weighted by Gasteiger charge is -2.35. The van der Waals surface area contributed by atoms with Gasteiger partial charge in [0, 0.05) is 12.6 Å². The Bertz CT molecular complexity index is 403. The second-order valence-electron chi connectivity index (χ2n) is 5.50. The van der Waals surface area contributed by atoms with Gasteiger partial charge in [-0.1, -0.05) is 19.8 Å². The number of hydrogen-bond acceptors (Lipinski definition) is 5. The normalized spacial score (nSPS) is 28.1. The van der Waals surface area contributed by atoms with Gasteiger partial charge in [0.1, 0.15) is 17.5 Å². The molecule has 1 heterocycles. The van der Waals surface area contributed by atoms with Crippen LogP contribution in [0.3, 0.4) is 0 Å². The SMILES string of the molecule is Cc1nc(N)cc(NCC2(O)CCCC(C)C2)n1. The molecule has 0 aliphatic heterocycles. The van der Waals surface area contributed by atoms with Gasteiger partial charge in [-0.25, -0.2) is 9.97 Å². The Morgan fingerprint density at radius 1 is 1.56 bits per heavy atom. The maximum Gasteiger partial charge on any atom is 0.131 e. The van der Waals surface area contributed by atoms with E-state index in [2.05, 4.69) is 22.2 Å². The third-order valence-electron chi connectivity index (χ3n) is 3.52. The number of hydrogen-bond donors (Lipinski definition) is 3. The molecule has 1 saturated carbocycles. The fraction of sp³-hybridized carbons (Fsp3) is 0.692. The second kappa shape index (κ2) is 5.10. The number of rotatable bonds is 3. The Morgan fingerprint density at radius 3 is 3.00 bits per heavy atom. The highest BCUT2D eigenvalue weighted by Gasteiger charge is 2.32. The maximum atomic E-state index is 10.5. The van der Waals surface area contributed by atoms with Crippen LogP contribution in [0.25, 0.3) is 0 Å². The molecular weight excluding hydrogens is 228 g/mol. The summed E-state index contributed by atoms with van der Waals surface area (Å²) in [6.07, 6.45) is 4.00. The van der Waals surface area contributed by atoms with Crippen molar-refractivity contribution in [2.75, 3.05) is 17.6 Å². The topological polar surface area (TPSA) is 84.1 Å². The smallest absolute Gasteiger partial charge is 0.131 e. The summed E-state index contributed by atoms with van der Waals surface area (Å²) in [5.41, 5.74) is 5.05. The minimum Gasteiger partial charge on any atom is -0.388 e. The molecule has 2 rings (SSSR count). The van der Waals surface area contributed by atoms with Crippen LogP contribution in [0.5, 0.6) is 0 Å². The van der Waals surface area contributed by atoms with Gasteiger partial charge in [-0.15, -0.1) is 0 Å². The van der Waals surface area contributed by atoms with Crippen molar-refractivity contribution < 1.29 is 5.11 Å². The molecule has 0 spiro atoms. The van der Waals surface area contributed by atoms with Crippen LogP contribution in [-0.2, 0) is 0 Å². The molecule has 0 aromatic carbocycles. The molecule has 100 valence electrons. The number of aromatic nitrogens is 2. The Hall–Kier alpha value is -1.36. The zero-order valence-corrected chi connectivity index (χ0v) is 11.1. The summed E-state index contributed by atoms with van der Waals surface area (Å²) < 4.78 is 0. The average Bonchev–Trinajstić information content (AvgIpc) is 2.25. The molecule has 4 N–H and O–H groups in total. The van der Waals surface area contributed by atoms with E-state index >= 15 is 0 Å². The largest absolute Gasteiger partial charge is 0.388 e. The van der Waals surface area contributed by atoms with Crippen LogP contribution in [0.1, 0.15) is 38.4 Å². The van der Waals surface area contributed by atoms with Gasteiger partial charge in [0.15, 0.2) is 0 Å². The van der Waals surface area contributed by atoms with E-state index in [9.17, 15) is 5.11 Å². The standard InChI is InChI=1S/C13H22N4O/c1-9-4-3-5-13(18,7-9)8-15-12-6-11(14)16-10(2)17-12/h6,9,18H,3-5,7-8H2,1-2H3,(H3,14,15,16,17). The zero-order valence-electron chi connectivity index (χ0n) is 11.1. The van der Waals surface area contributed by atoms with E-state index in [0.717, 1.165) is 19.3 Å². The average molecular weight is 250 g/mol. The van der Waals surface area contributed by atoms with Gasteiger partial charge < -0.3 is 16.2 Å². The number of nitrogens with two attached hydrogens (primary N) is 1. The van der Waals surface area contributed by atoms with E-state index in [1.165, 1.54) is 6.42 Å². The van der Waals surface area contributed by atoms with Crippen molar-refractivity contribution in [2.45, 2.75) is 45.1 Å². The van der Waals surface area contributed by atoms with E-state index < -0.39 is 5.60 Å². The van der Waals surface area contributed by atoms with Gasteiger partial charge in [0.25, 0.3) is 0 Å². The summed E-state index contributed by atoms with van der Waals surface area (Å²) in [7, 11) is 0. The van der Waals surface area contributed by atoms with Gasteiger partial charge in [-0.2, -0.15) is 0 Å². The van der Waals surface area contributed by atoms with Crippen molar-refractivity contribution in [3.8, 4) is 0 Å². The first-order valence-electron chi connectivity index (χ1n) is 6.54. The maximum absolute atomic E-state index is 10.5. The van der Waals surface area contributed by atoms with Crippen LogP contribution < -0.4 is 11.1 Å². The highest BCUT2D eigenvalue weighted by Crippen LogP contribution is 2.32. The zero-order chi connectivity index (χ0) is 13.2. The van der Waals surface area contributed by atoms with Crippen molar-refractivity contribution in [3.63, 3.8) is 0 Å². The number of aliphatic hydroxyl groups is 1. The fourth-order valence-corrected chi connectivity index (χ4v) is 2.73. The third-order valence-corrected chi connectivity index (χ3v) is 3.52. The van der Waals surface area contributed by atoms with Gasteiger partial charge in [0.2, 0.25) is 0 Å². The lowest BCUT2D eigenvalue weighted by atomic mass is 9.79. The first-order valence-corrected chi connectivity index (χ1v) is 6.54. The quantitative estimate of drug-likeness (QED) is 0.760. The van der Waals surface area contributed by atoms with Crippen LogP contribution in [0.15, 0.2) is 6.07 Å². The Kier molecular flexibility index (Phi) is 3.71. The summed E-state index contributed by atoms with van der Waals surface area (Å²) >= 11 is 0. The molecule has 18 heavy (non-hydrogen) atoms. The molecular formula is C13H22N4O. The molecule has 5 heteroatoms. The Morgan fingerprint density at radius 2 is 2.33 bits per heavy atom. The van der Waals surface area contributed by atoms with Gasteiger partial charge in [-0.3, -0.25) is 0 Å². The first-order chi connectivity index (χ1) is 8.47. The summed E-state index contributed by atoms with van der Waals surface area (Å²) in [5, 5.41) is 13.7. The van der Waals surface area contributed by atoms with E-state index in [4.69, 9.17) is 5.73 Å². The van der Waals surface area contributed by atoms with E-state index in [-0.39, 0.29) is 0 Å². The molecule has 1 fully saturated rings. The van der Waals surface area contributed by atoms with Crippen molar-refractivity contribution in [1.29, 1.82) is 0 Å². The van der Waals surface area contributed by atoms with Crippen LogP contribution >= 0.6 is 0 Å². The highest BCUT2D eigenvalue weighted by molar-refractivity contribution is 5.44. The number of aryl methyl sites for hydroxylation is 1. The van der Waals surface area contributed by atoms with E-state index in [0.29, 0.717) is 29.9 Å². The van der Waals surface area contributed by atoms with Crippen molar-refractivity contribution in [3.05, 3.63) is 11.9 Å². The summed E-state index contributed by atoms with van der Waals surface area (Å²) in [6.45, 7) is 4.52. The molecule has 0 bridgehead atoms. The minimum atomic E-state index is -0.620. The van der Waals surface area contributed by atoms with Gasteiger partial charge in [-0.05, 0) is 25.7 Å². The molecule has 2 atom stereocenters. The van der Waals surface area contributed by atoms with E-state index in [1.807, 2.05) is 0 Å².